The molecule has 0 spiro atoms. The molecular formula is C8H14N2O2S. The highest BCUT2D eigenvalue weighted by atomic mass is 32.2. The molecule has 1 aliphatic rings. The van der Waals surface area contributed by atoms with E-state index in [9.17, 15) is 4.21 Å². The second kappa shape index (κ2) is 4.18. The first-order valence-corrected chi connectivity index (χ1v) is 5.70. The van der Waals surface area contributed by atoms with E-state index in [0.29, 0.717) is 25.9 Å². The van der Waals surface area contributed by atoms with E-state index in [2.05, 4.69) is 6.07 Å². The number of ether oxygens (including phenoxy) is 1. The molecule has 1 rings (SSSR count). The second-order valence-corrected chi connectivity index (χ2v) is 4.53. The molecule has 0 saturated carbocycles. The molecule has 1 unspecified atom stereocenters. The van der Waals surface area contributed by atoms with Gasteiger partial charge in [-0.05, 0) is 0 Å². The molecule has 74 valence electrons. The Labute approximate surface area is 81.1 Å². The quantitative estimate of drug-likeness (QED) is 0.646. The summed E-state index contributed by atoms with van der Waals surface area (Å²) < 4.78 is 18.1. The zero-order valence-corrected chi connectivity index (χ0v) is 8.76. The molecule has 0 aromatic carbocycles. The lowest BCUT2D eigenvalue weighted by Gasteiger charge is -2.34. The summed E-state index contributed by atoms with van der Waals surface area (Å²) in [6.07, 6.45) is 2.94. The summed E-state index contributed by atoms with van der Waals surface area (Å²) >= 11 is 0. The fourth-order valence-corrected chi connectivity index (χ4v) is 2.16. The van der Waals surface area contributed by atoms with Crippen molar-refractivity contribution in [3.63, 3.8) is 0 Å². The molecule has 1 fully saturated rings. The van der Waals surface area contributed by atoms with Crippen LogP contribution >= 0.6 is 0 Å². The van der Waals surface area contributed by atoms with Crippen LogP contribution in [0.4, 0.5) is 0 Å². The lowest BCUT2D eigenvalue weighted by atomic mass is 9.94. The molecule has 0 amide bonds. The van der Waals surface area contributed by atoms with Gasteiger partial charge < -0.3 is 4.74 Å². The Bertz CT molecular complexity index is 241. The van der Waals surface area contributed by atoms with Crippen molar-refractivity contribution in [2.45, 2.75) is 18.4 Å². The minimum atomic E-state index is -0.921. The summed E-state index contributed by atoms with van der Waals surface area (Å²) in [5, 5.41) is 8.90. The normalized spacial score (nSPS) is 25.0. The third-order valence-electron chi connectivity index (χ3n) is 2.49. The Morgan fingerprint density at radius 3 is 2.38 bits per heavy atom. The molecule has 1 saturated heterocycles. The minimum absolute atomic E-state index is 0.638. The fraction of sp³-hybridized carbons (Fsp3) is 0.875. The van der Waals surface area contributed by atoms with Gasteiger partial charge >= 0.3 is 0 Å². The van der Waals surface area contributed by atoms with Crippen LogP contribution in [0.3, 0.4) is 0 Å². The molecule has 0 aliphatic carbocycles. The van der Waals surface area contributed by atoms with Gasteiger partial charge in [-0.15, -0.1) is 0 Å². The molecule has 0 aromatic rings. The van der Waals surface area contributed by atoms with Gasteiger partial charge in [0.05, 0.1) is 17.1 Å². The average Bonchev–Trinajstić information content (AvgIpc) is 2.18. The number of nitriles is 1. The maximum absolute atomic E-state index is 11.1. The van der Waals surface area contributed by atoms with E-state index in [4.69, 9.17) is 10.00 Å². The van der Waals surface area contributed by atoms with E-state index < -0.39 is 16.6 Å². The summed E-state index contributed by atoms with van der Waals surface area (Å²) in [5.74, 6) is 0. The predicted octanol–water partition coefficient (Wildman–Crippen LogP) is 0.284. The topological polar surface area (TPSA) is 53.3 Å². The van der Waals surface area contributed by atoms with E-state index in [1.807, 2.05) is 4.31 Å². The second-order valence-electron chi connectivity index (χ2n) is 3.16. The van der Waals surface area contributed by atoms with Gasteiger partial charge in [-0.1, -0.05) is 0 Å². The number of nitrogens with zero attached hydrogens (tertiary/aromatic N) is 2. The molecule has 1 aliphatic heterocycles. The highest BCUT2D eigenvalue weighted by Gasteiger charge is 2.35. The number of rotatable bonds is 2. The van der Waals surface area contributed by atoms with E-state index in [-0.39, 0.29) is 0 Å². The zero-order valence-electron chi connectivity index (χ0n) is 7.95. The van der Waals surface area contributed by atoms with E-state index in [1.165, 1.54) is 0 Å². The summed E-state index contributed by atoms with van der Waals surface area (Å²) in [7, 11) is 0.637. The van der Waals surface area contributed by atoms with Gasteiger partial charge in [0.25, 0.3) is 0 Å². The SMILES string of the molecule is COC1(C#N)CCN(S(C)=O)CC1. The van der Waals surface area contributed by atoms with Crippen LogP contribution in [-0.4, -0.2) is 40.6 Å². The van der Waals surface area contributed by atoms with Gasteiger partial charge in [-0.3, -0.25) is 0 Å². The fourth-order valence-electron chi connectivity index (χ4n) is 1.47. The lowest BCUT2D eigenvalue weighted by molar-refractivity contribution is 0.00151. The van der Waals surface area contributed by atoms with E-state index >= 15 is 0 Å². The molecule has 13 heavy (non-hydrogen) atoms. The van der Waals surface area contributed by atoms with Gasteiger partial charge in [0, 0.05) is 39.3 Å². The van der Waals surface area contributed by atoms with Gasteiger partial charge in [0.1, 0.15) is 0 Å². The van der Waals surface area contributed by atoms with Gasteiger partial charge in [0.15, 0.2) is 5.60 Å². The van der Waals surface area contributed by atoms with Crippen LogP contribution in [0.1, 0.15) is 12.8 Å². The van der Waals surface area contributed by atoms with Crippen molar-refractivity contribution in [1.82, 2.24) is 4.31 Å². The Hall–Kier alpha value is -0.440. The van der Waals surface area contributed by atoms with E-state index in [1.54, 1.807) is 13.4 Å². The number of methoxy groups -OCH3 is 1. The molecule has 0 radical (unpaired) electrons. The van der Waals surface area contributed by atoms with Gasteiger partial charge in [-0.25, -0.2) is 8.51 Å². The van der Waals surface area contributed by atoms with Crippen molar-refractivity contribution in [2.75, 3.05) is 26.5 Å². The minimum Gasteiger partial charge on any atom is -0.363 e. The van der Waals surface area contributed by atoms with Crippen LogP contribution in [0.5, 0.6) is 0 Å². The average molecular weight is 202 g/mol. The predicted molar refractivity (Wildman–Crippen MR) is 50.2 cm³/mol. The first-order chi connectivity index (χ1) is 6.13. The molecule has 1 atom stereocenters. The van der Waals surface area contributed by atoms with Gasteiger partial charge in [0.2, 0.25) is 0 Å². The molecule has 5 heteroatoms. The molecule has 0 N–H and O–H groups in total. The van der Waals surface area contributed by atoms with Crippen molar-refractivity contribution >= 4 is 11.0 Å². The summed E-state index contributed by atoms with van der Waals surface area (Å²) in [4.78, 5) is 0. The standard InChI is InChI=1S/C8H14N2O2S/c1-12-8(7-9)3-5-10(6-4-8)13(2)11/h3-6H2,1-2H3. The molecule has 4 nitrogen and oxygen atoms in total. The first-order valence-electron chi connectivity index (χ1n) is 4.18. The van der Waals surface area contributed by atoms with Crippen molar-refractivity contribution in [2.24, 2.45) is 0 Å². The molecular weight excluding hydrogens is 188 g/mol. The summed E-state index contributed by atoms with van der Waals surface area (Å²) in [5.41, 5.74) is -0.643. The van der Waals surface area contributed by atoms with Crippen LogP contribution in [0, 0.1) is 11.3 Å². The van der Waals surface area contributed by atoms with E-state index in [0.717, 1.165) is 0 Å². The summed E-state index contributed by atoms with van der Waals surface area (Å²) in [6, 6.07) is 2.18. The third kappa shape index (κ3) is 2.27. The Morgan fingerprint density at radius 2 is 2.08 bits per heavy atom. The van der Waals surface area contributed by atoms with Crippen molar-refractivity contribution in [3.05, 3.63) is 0 Å². The van der Waals surface area contributed by atoms with Crippen LogP contribution in [-0.2, 0) is 15.7 Å². The third-order valence-corrected chi connectivity index (χ3v) is 3.58. The monoisotopic (exact) mass is 202 g/mol. The smallest absolute Gasteiger partial charge is 0.156 e. The first kappa shape index (κ1) is 10.6. The highest BCUT2D eigenvalue weighted by Crippen LogP contribution is 2.25. The number of piperidine rings is 1. The Morgan fingerprint density at radius 1 is 1.54 bits per heavy atom. The van der Waals surface area contributed by atoms with Crippen molar-refractivity contribution < 1.29 is 8.95 Å². The maximum Gasteiger partial charge on any atom is 0.156 e. The van der Waals surface area contributed by atoms with Crippen LogP contribution in [0.15, 0.2) is 0 Å². The highest BCUT2D eigenvalue weighted by molar-refractivity contribution is 7.81. The Balaban J connectivity index is 2.56. The van der Waals surface area contributed by atoms with Crippen molar-refractivity contribution in [3.8, 4) is 6.07 Å². The zero-order chi connectivity index (χ0) is 9.90. The summed E-state index contributed by atoms with van der Waals surface area (Å²) in [6.45, 7) is 1.34. The van der Waals surface area contributed by atoms with Crippen LogP contribution in [0.2, 0.25) is 0 Å². The van der Waals surface area contributed by atoms with Crippen molar-refractivity contribution in [1.29, 1.82) is 5.26 Å². The number of hydrogen-bond donors (Lipinski definition) is 0. The largest absolute Gasteiger partial charge is 0.363 e. The molecule has 1 heterocycles. The van der Waals surface area contributed by atoms with Crippen LogP contribution in [0.25, 0.3) is 0 Å². The maximum atomic E-state index is 11.1. The van der Waals surface area contributed by atoms with Crippen LogP contribution < -0.4 is 0 Å². The van der Waals surface area contributed by atoms with Gasteiger partial charge in [-0.2, -0.15) is 5.26 Å². The molecule has 0 bridgehead atoms. The Kier molecular flexibility index (Phi) is 3.42. The lowest BCUT2D eigenvalue weighted by Crippen LogP contribution is -2.44. The molecule has 0 aromatic heterocycles. The number of hydrogen-bond acceptors (Lipinski definition) is 3.